The second-order valence-electron chi connectivity index (χ2n) is 5.29. The van der Waals surface area contributed by atoms with Gasteiger partial charge in [-0.3, -0.25) is 4.68 Å². The molecule has 0 spiro atoms. The van der Waals surface area contributed by atoms with Crippen LogP contribution in [0.5, 0.6) is 0 Å². The van der Waals surface area contributed by atoms with Gasteiger partial charge in [0.25, 0.3) is 0 Å². The van der Waals surface area contributed by atoms with Gasteiger partial charge in [-0.2, -0.15) is 5.10 Å². The monoisotopic (exact) mass is 325 g/mol. The van der Waals surface area contributed by atoms with Gasteiger partial charge in [-0.15, -0.1) is 0 Å². The Morgan fingerprint density at radius 3 is 2.67 bits per heavy atom. The summed E-state index contributed by atoms with van der Waals surface area (Å²) in [6.07, 6.45) is 3.99. The number of aromatic nitrogens is 2. The third kappa shape index (κ3) is 4.22. The molecule has 2 aromatic rings. The Bertz CT molecular complexity index is 608. The van der Waals surface area contributed by atoms with Crippen molar-refractivity contribution in [1.82, 2.24) is 15.1 Å². The van der Waals surface area contributed by atoms with E-state index in [4.69, 9.17) is 23.2 Å². The Kier molecular flexibility index (Phi) is 5.68. The molecule has 1 aromatic carbocycles. The lowest BCUT2D eigenvalue weighted by molar-refractivity contribution is 0.527. The summed E-state index contributed by atoms with van der Waals surface area (Å²) in [5.41, 5.74) is 3.37. The van der Waals surface area contributed by atoms with Gasteiger partial charge in [0.1, 0.15) is 0 Å². The molecule has 0 radical (unpaired) electrons. The van der Waals surface area contributed by atoms with Crippen molar-refractivity contribution in [2.45, 2.75) is 32.7 Å². The molecule has 0 saturated heterocycles. The zero-order valence-electron chi connectivity index (χ0n) is 12.7. The summed E-state index contributed by atoms with van der Waals surface area (Å²) in [5.74, 6) is 0. The molecule has 0 fully saturated rings. The van der Waals surface area contributed by atoms with Crippen molar-refractivity contribution < 1.29 is 0 Å². The van der Waals surface area contributed by atoms with Crippen molar-refractivity contribution in [3.8, 4) is 0 Å². The molecule has 1 atom stereocenters. The Hall–Kier alpha value is -1.03. The molecule has 114 valence electrons. The highest BCUT2D eigenvalue weighted by atomic mass is 35.5. The van der Waals surface area contributed by atoms with Crippen molar-refractivity contribution in [2.24, 2.45) is 7.05 Å². The average molecular weight is 326 g/mol. The van der Waals surface area contributed by atoms with E-state index in [1.54, 1.807) is 6.07 Å². The van der Waals surface area contributed by atoms with Crippen LogP contribution >= 0.6 is 23.2 Å². The molecule has 0 saturated carbocycles. The first kappa shape index (κ1) is 16.3. The van der Waals surface area contributed by atoms with Crippen molar-refractivity contribution in [3.05, 3.63) is 51.3 Å². The van der Waals surface area contributed by atoms with E-state index in [0.717, 1.165) is 30.6 Å². The van der Waals surface area contributed by atoms with Gasteiger partial charge >= 0.3 is 0 Å². The van der Waals surface area contributed by atoms with E-state index in [1.807, 2.05) is 30.8 Å². The summed E-state index contributed by atoms with van der Waals surface area (Å²) in [7, 11) is 1.95. The number of halogens is 2. The summed E-state index contributed by atoms with van der Waals surface area (Å²) in [6.45, 7) is 5.17. The van der Waals surface area contributed by atoms with Crippen LogP contribution in [-0.2, 0) is 13.5 Å². The van der Waals surface area contributed by atoms with Crippen LogP contribution in [0.3, 0.4) is 0 Å². The van der Waals surface area contributed by atoms with Gasteiger partial charge in [-0.1, -0.05) is 36.2 Å². The van der Waals surface area contributed by atoms with Crippen molar-refractivity contribution in [3.63, 3.8) is 0 Å². The minimum Gasteiger partial charge on any atom is -0.310 e. The molecule has 21 heavy (non-hydrogen) atoms. The van der Waals surface area contributed by atoms with Crippen molar-refractivity contribution in [1.29, 1.82) is 0 Å². The second-order valence-corrected chi connectivity index (χ2v) is 6.13. The number of hydrogen-bond acceptors (Lipinski definition) is 2. The average Bonchev–Trinajstić information content (AvgIpc) is 2.76. The number of aryl methyl sites for hydroxylation is 2. The van der Waals surface area contributed by atoms with Crippen LogP contribution in [-0.4, -0.2) is 16.3 Å². The number of nitrogens with one attached hydrogen (secondary N) is 1. The van der Waals surface area contributed by atoms with Crippen LogP contribution in [0.1, 0.15) is 36.2 Å². The van der Waals surface area contributed by atoms with Crippen LogP contribution in [0, 0.1) is 6.92 Å². The highest BCUT2D eigenvalue weighted by Crippen LogP contribution is 2.27. The van der Waals surface area contributed by atoms with Crippen LogP contribution in [0.2, 0.25) is 10.0 Å². The minimum absolute atomic E-state index is 0.206. The molecule has 0 aliphatic rings. The number of nitrogens with zero attached hydrogens (tertiary/aromatic N) is 2. The van der Waals surface area contributed by atoms with Gasteiger partial charge in [-0.25, -0.2) is 0 Å². The Labute approximate surface area is 136 Å². The van der Waals surface area contributed by atoms with Gasteiger partial charge < -0.3 is 5.32 Å². The van der Waals surface area contributed by atoms with E-state index in [0.29, 0.717) is 10.0 Å². The Balaban J connectivity index is 2.26. The van der Waals surface area contributed by atoms with Gasteiger partial charge in [-0.05, 0) is 44.0 Å². The predicted molar refractivity (Wildman–Crippen MR) is 89.1 cm³/mol. The lowest BCUT2D eigenvalue weighted by atomic mass is 9.99. The van der Waals surface area contributed by atoms with E-state index >= 15 is 0 Å². The van der Waals surface area contributed by atoms with Crippen LogP contribution < -0.4 is 5.32 Å². The highest BCUT2D eigenvalue weighted by molar-refractivity contribution is 6.35. The van der Waals surface area contributed by atoms with E-state index in [9.17, 15) is 0 Å². The first-order chi connectivity index (χ1) is 10.0. The molecule has 0 aliphatic heterocycles. The van der Waals surface area contributed by atoms with E-state index < -0.39 is 0 Å². The Morgan fingerprint density at radius 2 is 2.10 bits per heavy atom. The van der Waals surface area contributed by atoms with E-state index in [2.05, 4.69) is 23.5 Å². The van der Waals surface area contributed by atoms with Crippen molar-refractivity contribution in [2.75, 3.05) is 6.54 Å². The molecule has 1 unspecified atom stereocenters. The van der Waals surface area contributed by atoms with E-state index in [-0.39, 0.29) is 6.04 Å². The minimum atomic E-state index is 0.206. The summed E-state index contributed by atoms with van der Waals surface area (Å²) in [6, 6.07) is 5.88. The molecule has 1 N–H and O–H groups in total. The number of hydrogen-bond donors (Lipinski definition) is 1. The molecule has 1 aromatic heterocycles. The fraction of sp³-hybridized carbons (Fsp3) is 0.438. The lowest BCUT2D eigenvalue weighted by Gasteiger charge is -2.19. The highest BCUT2D eigenvalue weighted by Gasteiger charge is 2.17. The zero-order chi connectivity index (χ0) is 15.4. The third-order valence-electron chi connectivity index (χ3n) is 3.51. The SMILES string of the molecule is CCCNC(Cc1ccc(Cl)cc1Cl)c1cn(C)nc1C. The topological polar surface area (TPSA) is 29.9 Å². The fourth-order valence-corrected chi connectivity index (χ4v) is 2.96. The summed E-state index contributed by atoms with van der Waals surface area (Å²) in [4.78, 5) is 0. The third-order valence-corrected chi connectivity index (χ3v) is 4.09. The quantitative estimate of drug-likeness (QED) is 0.857. The molecular formula is C16H21Cl2N3. The van der Waals surface area contributed by atoms with Crippen molar-refractivity contribution >= 4 is 23.2 Å². The maximum atomic E-state index is 6.31. The van der Waals surface area contributed by atoms with E-state index in [1.165, 1.54) is 5.56 Å². The fourth-order valence-electron chi connectivity index (χ4n) is 2.48. The van der Waals surface area contributed by atoms with Crippen LogP contribution in [0.4, 0.5) is 0 Å². The predicted octanol–water partition coefficient (Wildman–Crippen LogP) is 4.32. The van der Waals surface area contributed by atoms with Gasteiger partial charge in [0.15, 0.2) is 0 Å². The van der Waals surface area contributed by atoms with Crippen LogP contribution in [0.15, 0.2) is 24.4 Å². The normalized spacial score (nSPS) is 12.6. The Morgan fingerprint density at radius 1 is 1.33 bits per heavy atom. The standard InChI is InChI=1S/C16H21Cl2N3/c1-4-7-19-16(14-10-21(3)20-11(14)2)8-12-5-6-13(17)9-15(12)18/h5-6,9-10,16,19H,4,7-8H2,1-3H3. The molecule has 5 heteroatoms. The molecular weight excluding hydrogens is 305 g/mol. The lowest BCUT2D eigenvalue weighted by Crippen LogP contribution is -2.24. The zero-order valence-corrected chi connectivity index (χ0v) is 14.2. The molecule has 0 amide bonds. The second kappa shape index (κ2) is 7.30. The maximum Gasteiger partial charge on any atom is 0.0641 e. The van der Waals surface area contributed by atoms with Gasteiger partial charge in [0, 0.05) is 34.9 Å². The molecule has 2 rings (SSSR count). The molecule has 3 nitrogen and oxygen atoms in total. The van der Waals surface area contributed by atoms with Gasteiger partial charge in [0.05, 0.1) is 5.69 Å². The molecule has 0 aliphatic carbocycles. The first-order valence-electron chi connectivity index (χ1n) is 7.18. The molecule has 0 bridgehead atoms. The first-order valence-corrected chi connectivity index (χ1v) is 7.94. The maximum absolute atomic E-state index is 6.31. The van der Waals surface area contributed by atoms with Gasteiger partial charge in [0.2, 0.25) is 0 Å². The molecule has 1 heterocycles. The number of benzene rings is 1. The summed E-state index contributed by atoms with van der Waals surface area (Å²) >= 11 is 12.3. The smallest absolute Gasteiger partial charge is 0.0641 e. The summed E-state index contributed by atoms with van der Waals surface area (Å²) < 4.78 is 1.86. The largest absolute Gasteiger partial charge is 0.310 e. The van der Waals surface area contributed by atoms with Crippen LogP contribution in [0.25, 0.3) is 0 Å². The number of rotatable bonds is 6. The summed E-state index contributed by atoms with van der Waals surface area (Å²) in [5, 5.41) is 9.41.